The van der Waals surface area contributed by atoms with Gasteiger partial charge in [0.2, 0.25) is 0 Å². The number of ether oxygens (including phenoxy) is 2. The molecule has 0 spiro atoms. The van der Waals surface area contributed by atoms with E-state index in [4.69, 9.17) is 9.47 Å². The number of carbonyl (C=O) groups is 3. The number of amides is 2. The predicted octanol–water partition coefficient (Wildman–Crippen LogP) is 1.58. The summed E-state index contributed by atoms with van der Waals surface area (Å²) in [4.78, 5) is 41.0. The minimum atomic E-state index is -0.680. The Kier molecular flexibility index (Phi) is 7.38. The van der Waals surface area contributed by atoms with Gasteiger partial charge in [-0.2, -0.15) is 0 Å². The Morgan fingerprint density at radius 3 is 2.60 bits per heavy atom. The van der Waals surface area contributed by atoms with Gasteiger partial charge in [-0.3, -0.25) is 19.4 Å². The summed E-state index contributed by atoms with van der Waals surface area (Å²) in [6.45, 7) is 7.33. The van der Waals surface area contributed by atoms with Gasteiger partial charge in [0.15, 0.2) is 6.61 Å². The van der Waals surface area contributed by atoms with Crippen LogP contribution in [0.4, 0.5) is 0 Å². The second-order valence-corrected chi connectivity index (χ2v) is 8.15. The van der Waals surface area contributed by atoms with E-state index in [9.17, 15) is 14.4 Å². The van der Waals surface area contributed by atoms with E-state index in [0.717, 1.165) is 18.7 Å². The normalized spacial score (nSPS) is 20.5. The first-order chi connectivity index (χ1) is 14.5. The topological polar surface area (TPSA) is 88.2 Å². The standard InChI is InChI=1S/C21H27N3O5S/c1-4-23(5-2)13-29-21(27)18-14(3)12-30-20-17(19(26)24(18)20)22-16(25)11-28-15-9-7-6-8-10-15/h6-10,17,20H,4-5,11-13H2,1-3H3,(H,22,25)/t17-,20-/m1/s1. The van der Waals surface area contributed by atoms with Gasteiger partial charge in [-0.15, -0.1) is 11.8 Å². The first-order valence-corrected chi connectivity index (χ1v) is 11.0. The van der Waals surface area contributed by atoms with Gasteiger partial charge in [0.1, 0.15) is 29.6 Å². The first-order valence-electron chi connectivity index (χ1n) is 9.97. The van der Waals surface area contributed by atoms with E-state index < -0.39 is 12.0 Å². The van der Waals surface area contributed by atoms with Crippen molar-refractivity contribution in [3.8, 4) is 5.75 Å². The summed E-state index contributed by atoms with van der Waals surface area (Å²) < 4.78 is 10.8. The molecule has 2 aliphatic rings. The van der Waals surface area contributed by atoms with E-state index in [2.05, 4.69) is 5.32 Å². The minimum absolute atomic E-state index is 0.180. The summed E-state index contributed by atoms with van der Waals surface area (Å²) in [5, 5.41) is 2.40. The number of nitrogens with one attached hydrogen (secondary N) is 1. The van der Waals surface area contributed by atoms with Crippen LogP contribution in [0.2, 0.25) is 0 Å². The zero-order valence-electron chi connectivity index (χ0n) is 17.4. The van der Waals surface area contributed by atoms with Crippen LogP contribution in [0.1, 0.15) is 20.8 Å². The maximum Gasteiger partial charge on any atom is 0.356 e. The molecule has 1 aromatic carbocycles. The Labute approximate surface area is 180 Å². The lowest BCUT2D eigenvalue weighted by Crippen LogP contribution is -2.70. The number of β-lactam (4-membered cyclic amide) rings is 1. The third-order valence-corrected chi connectivity index (χ3v) is 6.48. The van der Waals surface area contributed by atoms with Crippen LogP contribution in [0, 0.1) is 0 Å². The molecule has 0 radical (unpaired) electrons. The van der Waals surface area contributed by atoms with Crippen molar-refractivity contribution in [2.45, 2.75) is 32.2 Å². The molecule has 0 saturated carbocycles. The number of nitrogens with zero attached hydrogens (tertiary/aromatic N) is 2. The highest BCUT2D eigenvalue weighted by molar-refractivity contribution is 8.00. The lowest BCUT2D eigenvalue weighted by molar-refractivity contribution is -0.155. The molecule has 2 amide bonds. The van der Waals surface area contributed by atoms with Crippen molar-refractivity contribution in [3.63, 3.8) is 0 Å². The number of thioether (sulfide) groups is 1. The van der Waals surface area contributed by atoms with Crippen LogP contribution in [-0.4, -0.2) is 71.2 Å². The molecule has 0 aliphatic carbocycles. The van der Waals surface area contributed by atoms with Crippen molar-refractivity contribution in [1.29, 1.82) is 0 Å². The number of hydrogen-bond donors (Lipinski definition) is 1. The lowest BCUT2D eigenvalue weighted by Gasteiger charge is -2.49. The van der Waals surface area contributed by atoms with Gasteiger partial charge in [-0.1, -0.05) is 32.0 Å². The van der Waals surface area contributed by atoms with Gasteiger partial charge in [0.05, 0.1) is 0 Å². The van der Waals surface area contributed by atoms with Crippen molar-refractivity contribution in [3.05, 3.63) is 41.6 Å². The molecule has 1 saturated heterocycles. The Morgan fingerprint density at radius 2 is 1.93 bits per heavy atom. The fraction of sp³-hybridized carbons (Fsp3) is 0.476. The van der Waals surface area contributed by atoms with Gasteiger partial charge in [0, 0.05) is 5.75 Å². The van der Waals surface area contributed by atoms with Gasteiger partial charge < -0.3 is 14.8 Å². The predicted molar refractivity (Wildman–Crippen MR) is 114 cm³/mol. The average Bonchev–Trinajstić information content (AvgIpc) is 2.77. The molecular formula is C21H27N3O5S. The highest BCUT2D eigenvalue weighted by Gasteiger charge is 2.54. The second kappa shape index (κ2) is 9.99. The minimum Gasteiger partial charge on any atom is -0.484 e. The molecule has 0 unspecified atom stereocenters. The van der Waals surface area contributed by atoms with Crippen molar-refractivity contribution in [2.24, 2.45) is 0 Å². The SMILES string of the molecule is CCN(CC)COC(=O)C1=C(C)CS[C@@H]2[C@H](NC(=O)COc3ccccc3)C(=O)N12. The monoisotopic (exact) mass is 433 g/mol. The molecule has 1 aromatic rings. The van der Waals surface area contributed by atoms with Gasteiger partial charge >= 0.3 is 5.97 Å². The lowest BCUT2D eigenvalue weighted by atomic mass is 10.0. The zero-order valence-corrected chi connectivity index (χ0v) is 18.2. The third kappa shape index (κ3) is 4.79. The highest BCUT2D eigenvalue weighted by Crippen LogP contribution is 2.40. The average molecular weight is 434 g/mol. The first kappa shape index (κ1) is 22.2. The number of benzene rings is 1. The van der Waals surface area contributed by atoms with Crippen molar-refractivity contribution in [1.82, 2.24) is 15.1 Å². The fourth-order valence-electron chi connectivity index (χ4n) is 3.27. The molecule has 2 aliphatic heterocycles. The van der Waals surface area contributed by atoms with Crippen molar-refractivity contribution in [2.75, 3.05) is 32.2 Å². The largest absolute Gasteiger partial charge is 0.484 e. The van der Waals surface area contributed by atoms with Crippen LogP contribution in [0.15, 0.2) is 41.6 Å². The summed E-state index contributed by atoms with van der Waals surface area (Å²) >= 11 is 1.52. The smallest absolute Gasteiger partial charge is 0.356 e. The summed E-state index contributed by atoms with van der Waals surface area (Å²) in [6.07, 6.45) is 0. The zero-order chi connectivity index (χ0) is 21.7. The Bertz CT molecular complexity index is 825. The van der Waals surface area contributed by atoms with Crippen LogP contribution in [0.3, 0.4) is 0 Å². The molecule has 1 fully saturated rings. The van der Waals surface area contributed by atoms with E-state index in [-0.39, 0.29) is 30.5 Å². The van der Waals surface area contributed by atoms with Crippen molar-refractivity contribution < 1.29 is 23.9 Å². The molecule has 8 nitrogen and oxygen atoms in total. The number of hydrogen-bond acceptors (Lipinski definition) is 7. The van der Waals surface area contributed by atoms with Crippen LogP contribution in [-0.2, 0) is 19.1 Å². The maximum atomic E-state index is 12.7. The van der Waals surface area contributed by atoms with Crippen LogP contribution < -0.4 is 10.1 Å². The molecule has 9 heteroatoms. The van der Waals surface area contributed by atoms with Crippen LogP contribution in [0.25, 0.3) is 0 Å². The van der Waals surface area contributed by atoms with E-state index in [1.54, 1.807) is 12.1 Å². The molecule has 30 heavy (non-hydrogen) atoms. The van der Waals surface area contributed by atoms with Crippen molar-refractivity contribution >= 4 is 29.5 Å². The molecule has 0 aromatic heterocycles. The van der Waals surface area contributed by atoms with Gasteiger partial charge in [-0.25, -0.2) is 4.79 Å². The van der Waals surface area contributed by atoms with Gasteiger partial charge in [0.25, 0.3) is 11.8 Å². The molecular weight excluding hydrogens is 406 g/mol. The molecule has 162 valence electrons. The highest BCUT2D eigenvalue weighted by atomic mass is 32.2. The van der Waals surface area contributed by atoms with E-state index in [0.29, 0.717) is 17.2 Å². The Morgan fingerprint density at radius 1 is 1.23 bits per heavy atom. The second-order valence-electron chi connectivity index (χ2n) is 7.05. The third-order valence-electron chi connectivity index (χ3n) is 5.05. The van der Waals surface area contributed by atoms with Gasteiger partial charge in [-0.05, 0) is 37.7 Å². The fourth-order valence-corrected chi connectivity index (χ4v) is 4.56. The quantitative estimate of drug-likeness (QED) is 0.359. The number of esters is 1. The number of rotatable bonds is 9. The number of para-hydroxylation sites is 1. The summed E-state index contributed by atoms with van der Waals surface area (Å²) in [7, 11) is 0. The van der Waals surface area contributed by atoms with E-state index in [1.165, 1.54) is 16.7 Å². The number of fused-ring (bicyclic) bond motifs is 1. The molecule has 2 atom stereocenters. The summed E-state index contributed by atoms with van der Waals surface area (Å²) in [6, 6.07) is 8.31. The summed E-state index contributed by atoms with van der Waals surface area (Å²) in [5.74, 6) is -0.0195. The molecule has 0 bridgehead atoms. The molecule has 2 heterocycles. The summed E-state index contributed by atoms with van der Waals surface area (Å²) in [5.41, 5.74) is 1.09. The number of carbonyl (C=O) groups excluding carboxylic acids is 3. The maximum absolute atomic E-state index is 12.7. The molecule has 3 rings (SSSR count). The van der Waals surface area contributed by atoms with Crippen LogP contribution >= 0.6 is 11.8 Å². The van der Waals surface area contributed by atoms with E-state index in [1.807, 2.05) is 43.9 Å². The Hall–Kier alpha value is -2.52. The Balaban J connectivity index is 1.57. The molecule has 1 N–H and O–H groups in total. The van der Waals surface area contributed by atoms with E-state index >= 15 is 0 Å². The van der Waals surface area contributed by atoms with Crippen LogP contribution in [0.5, 0.6) is 5.75 Å².